The van der Waals surface area contributed by atoms with Crippen LogP contribution in [-0.2, 0) is 0 Å². The number of hydrogen-bond acceptors (Lipinski definition) is 1. The lowest BCUT2D eigenvalue weighted by Crippen LogP contribution is -1.94. The molecule has 1 aliphatic rings. The summed E-state index contributed by atoms with van der Waals surface area (Å²) >= 11 is 2.15. The fourth-order valence-electron chi connectivity index (χ4n) is 0.703. The highest BCUT2D eigenvalue weighted by molar-refractivity contribution is 7.99. The van der Waals surface area contributed by atoms with Crippen LogP contribution in [0, 0.1) is 5.92 Å². The van der Waals surface area contributed by atoms with Gasteiger partial charge >= 0.3 is 0 Å². The molecule has 1 heteroatoms. The lowest BCUT2D eigenvalue weighted by molar-refractivity contribution is 0.895. The SMILES string of the molecule is CCC(C)SCC1CC1. The molecule has 0 nitrogen and oxygen atoms in total. The van der Waals surface area contributed by atoms with Crippen LogP contribution in [0.15, 0.2) is 0 Å². The van der Waals surface area contributed by atoms with Crippen molar-refractivity contribution in [2.45, 2.75) is 38.4 Å². The minimum absolute atomic E-state index is 0.894. The van der Waals surface area contributed by atoms with Gasteiger partial charge in [0.05, 0.1) is 0 Å². The molecule has 1 aliphatic carbocycles. The first kappa shape index (κ1) is 7.46. The molecule has 1 fully saturated rings. The molecule has 1 rings (SSSR count). The maximum Gasteiger partial charge on any atom is 0.00161 e. The van der Waals surface area contributed by atoms with Gasteiger partial charge in [-0.3, -0.25) is 0 Å². The van der Waals surface area contributed by atoms with Crippen LogP contribution >= 0.6 is 11.8 Å². The molecule has 0 radical (unpaired) electrons. The van der Waals surface area contributed by atoms with Gasteiger partial charge in [0.2, 0.25) is 0 Å². The van der Waals surface area contributed by atoms with Crippen LogP contribution in [0.1, 0.15) is 33.1 Å². The van der Waals surface area contributed by atoms with E-state index in [4.69, 9.17) is 0 Å². The van der Waals surface area contributed by atoms with Crippen molar-refractivity contribution in [2.24, 2.45) is 5.92 Å². The molecular formula is C8H16S. The van der Waals surface area contributed by atoms with Crippen LogP contribution in [-0.4, -0.2) is 11.0 Å². The Hall–Kier alpha value is 0.350. The zero-order chi connectivity index (χ0) is 6.69. The van der Waals surface area contributed by atoms with Gasteiger partial charge in [0.1, 0.15) is 0 Å². The van der Waals surface area contributed by atoms with E-state index < -0.39 is 0 Å². The van der Waals surface area contributed by atoms with E-state index in [9.17, 15) is 0 Å². The van der Waals surface area contributed by atoms with Gasteiger partial charge in [0.25, 0.3) is 0 Å². The van der Waals surface area contributed by atoms with Crippen molar-refractivity contribution < 1.29 is 0 Å². The Balaban J connectivity index is 1.90. The molecule has 0 N–H and O–H groups in total. The Morgan fingerprint density at radius 1 is 1.56 bits per heavy atom. The Morgan fingerprint density at radius 3 is 2.67 bits per heavy atom. The van der Waals surface area contributed by atoms with Crippen molar-refractivity contribution in [3.05, 3.63) is 0 Å². The van der Waals surface area contributed by atoms with Gasteiger partial charge in [-0.2, -0.15) is 11.8 Å². The molecule has 0 amide bonds. The third-order valence-corrected chi connectivity index (χ3v) is 3.45. The topological polar surface area (TPSA) is 0 Å². The van der Waals surface area contributed by atoms with Crippen molar-refractivity contribution >= 4 is 11.8 Å². The maximum atomic E-state index is 2.33. The first-order valence-electron chi connectivity index (χ1n) is 3.94. The predicted molar refractivity (Wildman–Crippen MR) is 44.9 cm³/mol. The monoisotopic (exact) mass is 144 g/mol. The molecule has 0 aromatic rings. The van der Waals surface area contributed by atoms with Crippen LogP contribution in [0.25, 0.3) is 0 Å². The van der Waals surface area contributed by atoms with E-state index in [1.165, 1.54) is 25.0 Å². The lowest BCUT2D eigenvalue weighted by Gasteiger charge is -2.05. The quantitative estimate of drug-likeness (QED) is 0.584. The van der Waals surface area contributed by atoms with Gasteiger partial charge in [0.15, 0.2) is 0 Å². The predicted octanol–water partition coefficient (Wildman–Crippen LogP) is 2.93. The van der Waals surface area contributed by atoms with E-state index in [1.807, 2.05) is 0 Å². The second-order valence-electron chi connectivity index (χ2n) is 3.00. The summed E-state index contributed by atoms with van der Waals surface area (Å²) in [7, 11) is 0. The van der Waals surface area contributed by atoms with E-state index in [1.54, 1.807) is 0 Å². The highest BCUT2D eigenvalue weighted by atomic mass is 32.2. The smallest absolute Gasteiger partial charge is 0.00161 e. The number of rotatable bonds is 4. The molecule has 54 valence electrons. The van der Waals surface area contributed by atoms with Gasteiger partial charge < -0.3 is 0 Å². The Labute approximate surface area is 62.4 Å². The van der Waals surface area contributed by atoms with E-state index >= 15 is 0 Å². The lowest BCUT2D eigenvalue weighted by atomic mass is 10.4. The van der Waals surface area contributed by atoms with Crippen molar-refractivity contribution in [3.63, 3.8) is 0 Å². The highest BCUT2D eigenvalue weighted by Gasteiger charge is 2.21. The van der Waals surface area contributed by atoms with Crippen LogP contribution in [0.2, 0.25) is 0 Å². The van der Waals surface area contributed by atoms with Gasteiger partial charge in [-0.15, -0.1) is 0 Å². The summed E-state index contributed by atoms with van der Waals surface area (Å²) in [6, 6.07) is 0. The number of thioether (sulfide) groups is 1. The summed E-state index contributed by atoms with van der Waals surface area (Å²) in [4.78, 5) is 0. The standard InChI is InChI=1S/C8H16S/c1-3-7(2)9-6-8-4-5-8/h7-8H,3-6H2,1-2H3. The van der Waals surface area contributed by atoms with E-state index in [0.29, 0.717) is 0 Å². The summed E-state index contributed by atoms with van der Waals surface area (Å²) in [6.45, 7) is 4.59. The Kier molecular flexibility index (Phi) is 2.90. The molecule has 0 bridgehead atoms. The van der Waals surface area contributed by atoms with Gasteiger partial charge in [-0.1, -0.05) is 13.8 Å². The molecular weight excluding hydrogens is 128 g/mol. The van der Waals surface area contributed by atoms with Crippen molar-refractivity contribution in [1.29, 1.82) is 0 Å². The Morgan fingerprint density at radius 2 is 2.22 bits per heavy atom. The van der Waals surface area contributed by atoms with Crippen molar-refractivity contribution in [2.75, 3.05) is 5.75 Å². The molecule has 0 spiro atoms. The molecule has 0 aromatic carbocycles. The van der Waals surface area contributed by atoms with Gasteiger partial charge in [-0.25, -0.2) is 0 Å². The molecule has 1 saturated carbocycles. The fourth-order valence-corrected chi connectivity index (χ4v) is 1.87. The average molecular weight is 144 g/mol. The Bertz CT molecular complexity index is 76.6. The minimum atomic E-state index is 0.894. The molecule has 9 heavy (non-hydrogen) atoms. The van der Waals surface area contributed by atoms with Gasteiger partial charge in [0, 0.05) is 5.25 Å². The first-order valence-corrected chi connectivity index (χ1v) is 4.99. The molecule has 0 heterocycles. The summed E-state index contributed by atoms with van der Waals surface area (Å²) in [6.07, 6.45) is 4.34. The second kappa shape index (κ2) is 3.50. The molecule has 0 saturated heterocycles. The zero-order valence-electron chi connectivity index (χ0n) is 6.39. The summed E-state index contributed by atoms with van der Waals surface area (Å²) in [5.41, 5.74) is 0. The number of hydrogen-bond donors (Lipinski definition) is 0. The van der Waals surface area contributed by atoms with E-state index in [-0.39, 0.29) is 0 Å². The zero-order valence-corrected chi connectivity index (χ0v) is 7.21. The molecule has 0 aliphatic heterocycles. The first-order chi connectivity index (χ1) is 4.33. The maximum absolute atomic E-state index is 2.33. The van der Waals surface area contributed by atoms with Crippen LogP contribution < -0.4 is 0 Å². The van der Waals surface area contributed by atoms with Crippen LogP contribution in [0.3, 0.4) is 0 Å². The third-order valence-electron chi connectivity index (χ3n) is 1.89. The van der Waals surface area contributed by atoms with Crippen LogP contribution in [0.5, 0.6) is 0 Å². The normalized spacial score (nSPS) is 22.0. The molecule has 1 unspecified atom stereocenters. The van der Waals surface area contributed by atoms with Gasteiger partial charge in [-0.05, 0) is 30.9 Å². The molecule has 1 atom stereocenters. The van der Waals surface area contributed by atoms with E-state index in [0.717, 1.165) is 11.2 Å². The van der Waals surface area contributed by atoms with Crippen molar-refractivity contribution in [1.82, 2.24) is 0 Å². The largest absolute Gasteiger partial charge is 0.159 e. The van der Waals surface area contributed by atoms with Crippen LogP contribution in [0.4, 0.5) is 0 Å². The fraction of sp³-hybridized carbons (Fsp3) is 1.00. The third kappa shape index (κ3) is 3.14. The molecule has 0 aromatic heterocycles. The summed E-state index contributed by atoms with van der Waals surface area (Å²) < 4.78 is 0. The highest BCUT2D eigenvalue weighted by Crippen LogP contribution is 2.33. The average Bonchev–Trinajstić information content (AvgIpc) is 2.65. The second-order valence-corrected chi connectivity index (χ2v) is 4.47. The summed E-state index contributed by atoms with van der Waals surface area (Å²) in [5, 5.41) is 0.894. The summed E-state index contributed by atoms with van der Waals surface area (Å²) in [5.74, 6) is 2.53. The van der Waals surface area contributed by atoms with E-state index in [2.05, 4.69) is 25.6 Å². The minimum Gasteiger partial charge on any atom is -0.159 e. The van der Waals surface area contributed by atoms with Crippen molar-refractivity contribution in [3.8, 4) is 0 Å².